The Bertz CT molecular complexity index is 572. The SMILES string of the molecule is CC(C)CCC(=O)NCC(=O)N[C@@H](CC(=O)O)c1ccc(Cl)cc1. The summed E-state index contributed by atoms with van der Waals surface area (Å²) < 4.78 is 0. The number of carbonyl (C=O) groups is 3. The monoisotopic (exact) mass is 354 g/mol. The van der Waals surface area contributed by atoms with Crippen LogP contribution in [0.15, 0.2) is 24.3 Å². The van der Waals surface area contributed by atoms with Crippen LogP contribution in [0.5, 0.6) is 0 Å². The second-order valence-corrected chi connectivity index (χ2v) is 6.42. The first kappa shape index (κ1) is 20.0. The van der Waals surface area contributed by atoms with Crippen LogP contribution in [0.25, 0.3) is 0 Å². The van der Waals surface area contributed by atoms with E-state index in [9.17, 15) is 14.4 Å². The molecule has 0 heterocycles. The molecule has 1 aromatic rings. The molecule has 0 saturated heterocycles. The fourth-order valence-corrected chi connectivity index (χ4v) is 2.18. The third-order valence-electron chi connectivity index (χ3n) is 3.38. The highest BCUT2D eigenvalue weighted by Crippen LogP contribution is 2.19. The van der Waals surface area contributed by atoms with Crippen molar-refractivity contribution < 1.29 is 19.5 Å². The van der Waals surface area contributed by atoms with Crippen molar-refractivity contribution in [1.82, 2.24) is 10.6 Å². The molecule has 1 rings (SSSR count). The van der Waals surface area contributed by atoms with E-state index in [2.05, 4.69) is 10.6 Å². The predicted octanol–water partition coefficient (Wildman–Crippen LogP) is 2.52. The van der Waals surface area contributed by atoms with Crippen molar-refractivity contribution >= 4 is 29.4 Å². The highest BCUT2D eigenvalue weighted by Gasteiger charge is 2.18. The van der Waals surface area contributed by atoms with Gasteiger partial charge < -0.3 is 15.7 Å². The maximum Gasteiger partial charge on any atom is 0.305 e. The normalized spacial score (nSPS) is 11.8. The van der Waals surface area contributed by atoms with Crippen molar-refractivity contribution in [3.63, 3.8) is 0 Å². The third-order valence-corrected chi connectivity index (χ3v) is 3.63. The van der Waals surface area contributed by atoms with Crippen LogP contribution in [0, 0.1) is 5.92 Å². The minimum absolute atomic E-state index is 0.180. The van der Waals surface area contributed by atoms with Gasteiger partial charge in [0.2, 0.25) is 11.8 Å². The molecule has 0 saturated carbocycles. The Labute approximate surface area is 146 Å². The van der Waals surface area contributed by atoms with E-state index in [0.29, 0.717) is 22.9 Å². The molecule has 24 heavy (non-hydrogen) atoms. The first-order chi connectivity index (χ1) is 11.3. The van der Waals surface area contributed by atoms with Gasteiger partial charge in [-0.3, -0.25) is 14.4 Å². The van der Waals surface area contributed by atoms with E-state index in [0.717, 1.165) is 6.42 Å². The van der Waals surface area contributed by atoms with Gasteiger partial charge in [0.15, 0.2) is 0 Å². The summed E-state index contributed by atoms with van der Waals surface area (Å²) in [5.41, 5.74) is 0.640. The molecule has 0 bridgehead atoms. The summed E-state index contributed by atoms with van der Waals surface area (Å²) in [6.07, 6.45) is 0.856. The summed E-state index contributed by atoms with van der Waals surface area (Å²) in [6, 6.07) is 5.91. The van der Waals surface area contributed by atoms with Gasteiger partial charge in [0, 0.05) is 11.4 Å². The summed E-state index contributed by atoms with van der Waals surface area (Å²) in [6.45, 7) is 3.85. The Morgan fingerprint density at radius 2 is 1.75 bits per heavy atom. The summed E-state index contributed by atoms with van der Waals surface area (Å²) in [4.78, 5) is 34.6. The van der Waals surface area contributed by atoms with Crippen molar-refractivity contribution in [3.8, 4) is 0 Å². The Morgan fingerprint density at radius 1 is 1.12 bits per heavy atom. The maximum atomic E-state index is 12.0. The Kier molecular flexibility index (Phi) is 8.26. The molecule has 0 aliphatic heterocycles. The third kappa shape index (κ3) is 7.97. The summed E-state index contributed by atoms with van der Waals surface area (Å²) in [5, 5.41) is 14.7. The van der Waals surface area contributed by atoms with Crippen molar-refractivity contribution in [1.29, 1.82) is 0 Å². The molecular weight excluding hydrogens is 332 g/mol. The number of carbonyl (C=O) groups excluding carboxylic acids is 2. The zero-order valence-corrected chi connectivity index (χ0v) is 14.6. The quantitative estimate of drug-likeness (QED) is 0.635. The first-order valence-corrected chi connectivity index (χ1v) is 8.19. The molecule has 7 heteroatoms. The molecule has 1 atom stereocenters. The van der Waals surface area contributed by atoms with E-state index in [1.165, 1.54) is 0 Å². The molecule has 0 aliphatic rings. The smallest absolute Gasteiger partial charge is 0.305 e. The van der Waals surface area contributed by atoms with Crippen molar-refractivity contribution in [2.45, 2.75) is 39.2 Å². The zero-order chi connectivity index (χ0) is 18.1. The highest BCUT2D eigenvalue weighted by atomic mass is 35.5. The maximum absolute atomic E-state index is 12.0. The number of benzene rings is 1. The first-order valence-electron chi connectivity index (χ1n) is 7.81. The average Bonchev–Trinajstić information content (AvgIpc) is 2.50. The molecule has 6 nitrogen and oxygen atoms in total. The molecule has 3 N–H and O–H groups in total. The van der Waals surface area contributed by atoms with Crippen LogP contribution in [0.1, 0.15) is 44.7 Å². The van der Waals surface area contributed by atoms with Gasteiger partial charge in [-0.2, -0.15) is 0 Å². The number of aliphatic carboxylic acids is 1. The van der Waals surface area contributed by atoms with Crippen LogP contribution >= 0.6 is 11.6 Å². The lowest BCUT2D eigenvalue weighted by Gasteiger charge is -2.18. The van der Waals surface area contributed by atoms with Crippen LogP contribution in [0.3, 0.4) is 0 Å². The van der Waals surface area contributed by atoms with Crippen molar-refractivity contribution in [3.05, 3.63) is 34.9 Å². The number of hydrogen-bond donors (Lipinski definition) is 3. The molecule has 1 aromatic carbocycles. The van der Waals surface area contributed by atoms with Crippen molar-refractivity contribution in [2.75, 3.05) is 6.54 Å². The number of carboxylic acids is 1. The standard InChI is InChI=1S/C17H23ClN2O4/c1-11(2)3-8-15(21)19-10-16(22)20-14(9-17(23)24)12-4-6-13(18)7-5-12/h4-7,11,14H,3,8-10H2,1-2H3,(H,19,21)(H,20,22)(H,23,24)/t14-/m0/s1. The van der Waals surface area contributed by atoms with Gasteiger partial charge >= 0.3 is 5.97 Å². The van der Waals surface area contributed by atoms with Gasteiger partial charge in [0.25, 0.3) is 0 Å². The van der Waals surface area contributed by atoms with E-state index in [1.54, 1.807) is 24.3 Å². The summed E-state index contributed by atoms with van der Waals surface area (Å²) in [5.74, 6) is -1.25. The molecule has 0 unspecified atom stereocenters. The molecule has 0 radical (unpaired) electrons. The second-order valence-electron chi connectivity index (χ2n) is 5.98. The van der Waals surface area contributed by atoms with Crippen LogP contribution < -0.4 is 10.6 Å². The Hall–Kier alpha value is -2.08. The number of halogens is 1. The fourth-order valence-electron chi connectivity index (χ4n) is 2.05. The van der Waals surface area contributed by atoms with E-state index < -0.39 is 17.9 Å². The van der Waals surface area contributed by atoms with Gasteiger partial charge in [-0.25, -0.2) is 0 Å². The molecule has 132 valence electrons. The van der Waals surface area contributed by atoms with E-state index in [4.69, 9.17) is 16.7 Å². The molecule has 2 amide bonds. The molecular formula is C17H23ClN2O4. The highest BCUT2D eigenvalue weighted by molar-refractivity contribution is 6.30. The lowest BCUT2D eigenvalue weighted by molar-refractivity contribution is -0.138. The zero-order valence-electron chi connectivity index (χ0n) is 13.8. The van der Waals surface area contributed by atoms with Crippen LogP contribution in [0.2, 0.25) is 5.02 Å². The lowest BCUT2D eigenvalue weighted by Crippen LogP contribution is -2.39. The molecule has 0 aromatic heterocycles. The fraction of sp³-hybridized carbons (Fsp3) is 0.471. The van der Waals surface area contributed by atoms with E-state index >= 15 is 0 Å². The van der Waals surface area contributed by atoms with E-state index in [-0.39, 0.29) is 18.9 Å². The van der Waals surface area contributed by atoms with Crippen LogP contribution in [-0.4, -0.2) is 29.4 Å². The van der Waals surface area contributed by atoms with Gasteiger partial charge in [-0.15, -0.1) is 0 Å². The predicted molar refractivity (Wildman–Crippen MR) is 91.7 cm³/mol. The molecule has 0 spiro atoms. The minimum atomic E-state index is -1.03. The Balaban J connectivity index is 2.56. The minimum Gasteiger partial charge on any atom is -0.481 e. The number of hydrogen-bond acceptors (Lipinski definition) is 3. The summed E-state index contributed by atoms with van der Waals surface area (Å²) in [7, 11) is 0. The number of carboxylic acid groups (broad SMARTS) is 1. The van der Waals surface area contributed by atoms with Crippen molar-refractivity contribution in [2.24, 2.45) is 5.92 Å². The van der Waals surface area contributed by atoms with Gasteiger partial charge in [0.1, 0.15) is 0 Å². The Morgan fingerprint density at radius 3 is 2.29 bits per heavy atom. The largest absolute Gasteiger partial charge is 0.481 e. The molecule has 0 aliphatic carbocycles. The number of amides is 2. The number of nitrogens with one attached hydrogen (secondary N) is 2. The van der Waals surface area contributed by atoms with Crippen LogP contribution in [-0.2, 0) is 14.4 Å². The average molecular weight is 355 g/mol. The lowest BCUT2D eigenvalue weighted by atomic mass is 10.0. The topological polar surface area (TPSA) is 95.5 Å². The number of rotatable bonds is 9. The second kappa shape index (κ2) is 9.93. The summed E-state index contributed by atoms with van der Waals surface area (Å²) >= 11 is 5.81. The van der Waals surface area contributed by atoms with Gasteiger partial charge in [-0.1, -0.05) is 37.6 Å². The van der Waals surface area contributed by atoms with Crippen LogP contribution in [0.4, 0.5) is 0 Å². The molecule has 0 fully saturated rings. The van der Waals surface area contributed by atoms with E-state index in [1.807, 2.05) is 13.8 Å². The van der Waals surface area contributed by atoms with Gasteiger partial charge in [-0.05, 0) is 30.0 Å². The van der Waals surface area contributed by atoms with Gasteiger partial charge in [0.05, 0.1) is 19.0 Å².